The van der Waals surface area contributed by atoms with E-state index in [-0.39, 0.29) is 40.6 Å². The molecule has 6 rings (SSSR count). The number of hydrogen-bond acceptors (Lipinski definition) is 5. The van der Waals surface area contributed by atoms with Crippen LogP contribution >= 0.6 is 23.2 Å². The topological polar surface area (TPSA) is 84.9 Å². The van der Waals surface area contributed by atoms with Crippen molar-refractivity contribution in [3.8, 4) is 11.5 Å². The summed E-state index contributed by atoms with van der Waals surface area (Å²) in [6, 6.07) is 9.17. The van der Waals surface area contributed by atoms with Crippen LogP contribution in [0.15, 0.2) is 36.4 Å². The van der Waals surface area contributed by atoms with Gasteiger partial charge < -0.3 is 19.9 Å². The van der Waals surface area contributed by atoms with Gasteiger partial charge in [0.05, 0.1) is 23.1 Å². The predicted molar refractivity (Wildman–Crippen MR) is 124 cm³/mol. The summed E-state index contributed by atoms with van der Waals surface area (Å²) in [5.41, 5.74) is 0.101. The number of carbonyl (C=O) groups excluding carboxylic acids is 2. The van der Waals surface area contributed by atoms with E-state index in [2.05, 4.69) is 5.32 Å². The van der Waals surface area contributed by atoms with Gasteiger partial charge in [-0.05, 0) is 55.0 Å². The molecule has 1 heterocycles. The highest BCUT2D eigenvalue weighted by Crippen LogP contribution is 2.74. The second-order valence-electron chi connectivity index (χ2n) is 9.77. The van der Waals surface area contributed by atoms with Crippen LogP contribution in [-0.4, -0.2) is 36.1 Å². The summed E-state index contributed by atoms with van der Waals surface area (Å²) in [6.45, 7) is 0.160. The summed E-state index contributed by atoms with van der Waals surface area (Å²) in [5, 5.41) is 13.9. The monoisotopic (exact) mass is 507 g/mol. The van der Waals surface area contributed by atoms with Crippen LogP contribution < -0.4 is 14.8 Å². The number of rotatable bonds is 8. The van der Waals surface area contributed by atoms with E-state index in [0.29, 0.717) is 55.0 Å². The highest BCUT2D eigenvalue weighted by molar-refractivity contribution is 6.31. The Hall–Kier alpha value is -2.35. The molecule has 2 atom stereocenters. The van der Waals surface area contributed by atoms with Crippen LogP contribution in [-0.2, 0) is 9.59 Å². The average Bonchev–Trinajstić information content (AvgIpc) is 2.75. The summed E-state index contributed by atoms with van der Waals surface area (Å²) in [5.74, 6) is 0.126. The Morgan fingerprint density at radius 1 is 1.18 bits per heavy atom. The Bertz CT molecular complexity index is 1140. The van der Waals surface area contributed by atoms with Gasteiger partial charge in [0.2, 0.25) is 5.91 Å². The molecule has 0 aromatic heterocycles. The SMILES string of the molecule is O=C(COc1ccc(Cl)c(F)c1)CC12CC(C(=O)NC[C@H]3C[C@@H](O)c4cc(Cl)ccc4O3)(C1)C2. The maximum atomic E-state index is 13.5. The smallest absolute Gasteiger partial charge is 0.226 e. The van der Waals surface area contributed by atoms with Crippen molar-refractivity contribution in [3.63, 3.8) is 0 Å². The number of ether oxygens (including phenoxy) is 2. The van der Waals surface area contributed by atoms with E-state index in [0.717, 1.165) is 6.07 Å². The van der Waals surface area contributed by atoms with E-state index >= 15 is 0 Å². The number of Topliss-reactive ketones (excluding diaryl/α,β-unsaturated/α-hetero) is 1. The molecule has 3 saturated carbocycles. The zero-order valence-electron chi connectivity index (χ0n) is 18.3. The minimum absolute atomic E-state index is 0.00271. The maximum Gasteiger partial charge on any atom is 0.226 e. The van der Waals surface area contributed by atoms with Crippen molar-refractivity contribution in [2.45, 2.75) is 44.3 Å². The fourth-order valence-electron chi connectivity index (χ4n) is 5.64. The Balaban J connectivity index is 1.06. The molecule has 2 bridgehead atoms. The first kappa shape index (κ1) is 23.4. The molecule has 0 radical (unpaired) electrons. The summed E-state index contributed by atoms with van der Waals surface area (Å²) in [6.07, 6.45) is 1.70. The number of ketones is 1. The molecule has 1 aliphatic heterocycles. The van der Waals surface area contributed by atoms with E-state index in [9.17, 15) is 19.1 Å². The van der Waals surface area contributed by atoms with Crippen LogP contribution in [0.3, 0.4) is 0 Å². The number of carbonyl (C=O) groups is 2. The molecular weight excluding hydrogens is 484 g/mol. The lowest BCUT2D eigenvalue weighted by Crippen LogP contribution is -2.68. The van der Waals surface area contributed by atoms with Gasteiger partial charge in [-0.1, -0.05) is 23.2 Å². The van der Waals surface area contributed by atoms with E-state index in [4.69, 9.17) is 32.7 Å². The number of aliphatic hydroxyl groups excluding tert-OH is 1. The van der Waals surface area contributed by atoms with Crippen LogP contribution in [0.4, 0.5) is 4.39 Å². The van der Waals surface area contributed by atoms with Crippen molar-refractivity contribution < 1.29 is 28.6 Å². The molecular formula is C25H24Cl2FNO5. The van der Waals surface area contributed by atoms with Crippen molar-refractivity contribution in [2.75, 3.05) is 13.2 Å². The molecule has 34 heavy (non-hydrogen) atoms. The number of amides is 1. The lowest BCUT2D eigenvalue weighted by Gasteiger charge is -2.69. The van der Waals surface area contributed by atoms with Crippen LogP contribution in [0.2, 0.25) is 10.0 Å². The highest BCUT2D eigenvalue weighted by atomic mass is 35.5. The summed E-state index contributed by atoms with van der Waals surface area (Å²) >= 11 is 11.6. The first-order valence-electron chi connectivity index (χ1n) is 11.2. The third-order valence-corrected chi connectivity index (χ3v) is 7.63. The first-order valence-corrected chi connectivity index (χ1v) is 11.9. The van der Waals surface area contributed by atoms with Crippen molar-refractivity contribution in [3.05, 3.63) is 57.8 Å². The number of nitrogens with one attached hydrogen (secondary N) is 1. The first-order chi connectivity index (χ1) is 16.2. The van der Waals surface area contributed by atoms with Crippen molar-refractivity contribution in [1.82, 2.24) is 5.32 Å². The normalized spacial score (nSPS) is 28.6. The third-order valence-electron chi connectivity index (χ3n) is 7.09. The molecule has 3 aliphatic carbocycles. The molecule has 6 nitrogen and oxygen atoms in total. The molecule has 180 valence electrons. The van der Waals surface area contributed by atoms with E-state index in [1.54, 1.807) is 18.2 Å². The Kier molecular flexibility index (Phi) is 5.99. The van der Waals surface area contributed by atoms with Gasteiger partial charge in [0.1, 0.15) is 30.0 Å². The lowest BCUT2D eigenvalue weighted by molar-refractivity contribution is -0.210. The Labute approximate surface area is 206 Å². The quantitative estimate of drug-likeness (QED) is 0.543. The van der Waals surface area contributed by atoms with Gasteiger partial charge in [-0.3, -0.25) is 9.59 Å². The molecule has 1 amide bonds. The Morgan fingerprint density at radius 3 is 2.68 bits per heavy atom. The maximum absolute atomic E-state index is 13.5. The van der Waals surface area contributed by atoms with Gasteiger partial charge in [0.15, 0.2) is 5.78 Å². The van der Waals surface area contributed by atoms with Crippen molar-refractivity contribution in [2.24, 2.45) is 10.8 Å². The highest BCUT2D eigenvalue weighted by Gasteiger charge is 2.71. The Morgan fingerprint density at radius 2 is 1.94 bits per heavy atom. The molecule has 4 aliphatic rings. The average molecular weight is 508 g/mol. The molecule has 0 unspecified atom stereocenters. The lowest BCUT2D eigenvalue weighted by atomic mass is 9.34. The van der Waals surface area contributed by atoms with Gasteiger partial charge in [-0.25, -0.2) is 4.39 Å². The van der Waals surface area contributed by atoms with Gasteiger partial charge in [-0.2, -0.15) is 0 Å². The number of hydrogen-bond donors (Lipinski definition) is 2. The largest absolute Gasteiger partial charge is 0.488 e. The van der Waals surface area contributed by atoms with Crippen molar-refractivity contribution >= 4 is 34.9 Å². The molecule has 2 N–H and O–H groups in total. The second kappa shape index (κ2) is 8.70. The molecule has 3 fully saturated rings. The number of halogens is 3. The summed E-state index contributed by atoms with van der Waals surface area (Å²) in [4.78, 5) is 25.2. The van der Waals surface area contributed by atoms with Crippen LogP contribution in [0.5, 0.6) is 11.5 Å². The van der Waals surface area contributed by atoms with Crippen molar-refractivity contribution in [1.29, 1.82) is 0 Å². The minimum Gasteiger partial charge on any atom is -0.488 e. The van der Waals surface area contributed by atoms with Crippen LogP contribution in [0.1, 0.15) is 43.8 Å². The van der Waals surface area contributed by atoms with Crippen LogP contribution in [0, 0.1) is 16.6 Å². The standard InChI is InChI=1S/C25H24Cl2FNO5/c26-14-1-4-22-18(5-14)21(31)7-17(34-22)9-29-23(32)25-11-24(12-25,13-25)8-15(30)10-33-16-2-3-19(27)20(28)6-16/h1-6,17,21,31H,7-13H2,(H,29,32)/t17-,21-,24?,25?/m1/s1. The fourth-order valence-corrected chi connectivity index (χ4v) is 5.93. The van der Waals surface area contributed by atoms with Gasteiger partial charge in [-0.15, -0.1) is 0 Å². The number of benzene rings is 2. The zero-order chi connectivity index (χ0) is 24.1. The van der Waals surface area contributed by atoms with E-state index in [1.807, 2.05) is 0 Å². The molecule has 0 spiro atoms. The van der Waals surface area contributed by atoms with Gasteiger partial charge in [0, 0.05) is 29.5 Å². The van der Waals surface area contributed by atoms with Gasteiger partial charge in [0.25, 0.3) is 0 Å². The third kappa shape index (κ3) is 4.37. The minimum atomic E-state index is -0.694. The van der Waals surface area contributed by atoms with Crippen LogP contribution in [0.25, 0.3) is 0 Å². The summed E-state index contributed by atoms with van der Waals surface area (Å²) in [7, 11) is 0. The number of aliphatic hydroxyl groups is 1. The molecule has 0 saturated heterocycles. The zero-order valence-corrected chi connectivity index (χ0v) is 19.8. The fraction of sp³-hybridized carbons (Fsp3) is 0.440. The van der Waals surface area contributed by atoms with Gasteiger partial charge >= 0.3 is 0 Å². The predicted octanol–water partition coefficient (Wildman–Crippen LogP) is 4.64. The molecule has 2 aromatic carbocycles. The summed E-state index contributed by atoms with van der Waals surface area (Å²) < 4.78 is 24.8. The second-order valence-corrected chi connectivity index (χ2v) is 10.6. The van der Waals surface area contributed by atoms with E-state index in [1.165, 1.54) is 12.1 Å². The number of fused-ring (bicyclic) bond motifs is 1. The van der Waals surface area contributed by atoms with E-state index < -0.39 is 17.3 Å². The molecule has 9 heteroatoms. The molecule has 2 aromatic rings.